The number of aryl methyl sites for hydroxylation is 1. The van der Waals surface area contributed by atoms with Crippen molar-refractivity contribution in [2.24, 2.45) is 0 Å². The molecule has 0 unspecified atom stereocenters. The summed E-state index contributed by atoms with van der Waals surface area (Å²) in [5.41, 5.74) is 2.52. The monoisotopic (exact) mass is 400 g/mol. The molecule has 1 aromatic carbocycles. The smallest absolute Gasteiger partial charge is 0.253 e. The first kappa shape index (κ1) is 19.1. The molecule has 0 amide bonds. The summed E-state index contributed by atoms with van der Waals surface area (Å²) in [5.74, 6) is 2.74. The Labute approximate surface area is 167 Å². The van der Waals surface area contributed by atoms with Crippen LogP contribution in [-0.2, 0) is 11.3 Å². The molecule has 0 bridgehead atoms. The van der Waals surface area contributed by atoms with Crippen LogP contribution in [0.2, 0.25) is 0 Å². The van der Waals surface area contributed by atoms with Gasteiger partial charge in [-0.1, -0.05) is 18.2 Å². The number of ether oxygens (including phenoxy) is 1. The van der Waals surface area contributed by atoms with E-state index in [0.29, 0.717) is 24.5 Å². The zero-order valence-electron chi connectivity index (χ0n) is 16.1. The fourth-order valence-electron chi connectivity index (χ4n) is 3.68. The predicted molar refractivity (Wildman–Crippen MR) is 110 cm³/mol. The van der Waals surface area contributed by atoms with Gasteiger partial charge in [-0.15, -0.1) is 5.10 Å². The summed E-state index contributed by atoms with van der Waals surface area (Å²) in [5, 5.41) is 13.3. The van der Waals surface area contributed by atoms with Gasteiger partial charge in [0.25, 0.3) is 5.56 Å². The zero-order valence-corrected chi connectivity index (χ0v) is 16.9. The van der Waals surface area contributed by atoms with E-state index in [1.54, 1.807) is 11.8 Å². The first-order chi connectivity index (χ1) is 13.7. The highest BCUT2D eigenvalue weighted by Crippen LogP contribution is 2.29. The number of aromatic amines is 1. The summed E-state index contributed by atoms with van der Waals surface area (Å²) in [6.07, 6.45) is 0. The number of para-hydroxylation sites is 1. The molecule has 1 aliphatic heterocycles. The van der Waals surface area contributed by atoms with Crippen molar-refractivity contribution in [3.63, 3.8) is 0 Å². The summed E-state index contributed by atoms with van der Waals surface area (Å²) in [6.45, 7) is 4.83. The second-order valence-corrected chi connectivity index (χ2v) is 8.12. The first-order valence-electron chi connectivity index (χ1n) is 9.38. The average molecular weight is 401 g/mol. The number of hydrogen-bond donors (Lipinski definition) is 1. The summed E-state index contributed by atoms with van der Waals surface area (Å²) in [7, 11) is 1.65. The molecule has 148 valence electrons. The molecule has 1 aliphatic rings. The van der Waals surface area contributed by atoms with Crippen LogP contribution in [0.5, 0.6) is 0 Å². The Bertz CT molecular complexity index is 1010. The van der Waals surface area contributed by atoms with E-state index in [0.717, 1.165) is 41.1 Å². The number of thioether (sulfide) groups is 1. The van der Waals surface area contributed by atoms with E-state index in [-0.39, 0.29) is 11.6 Å². The number of H-pyrrole nitrogens is 1. The van der Waals surface area contributed by atoms with Crippen molar-refractivity contribution in [1.29, 1.82) is 0 Å². The zero-order chi connectivity index (χ0) is 19.5. The van der Waals surface area contributed by atoms with Crippen molar-refractivity contribution < 1.29 is 4.74 Å². The molecule has 1 saturated heterocycles. The minimum Gasteiger partial charge on any atom is -0.383 e. The summed E-state index contributed by atoms with van der Waals surface area (Å²) in [6, 6.07) is 7.74. The van der Waals surface area contributed by atoms with E-state index in [4.69, 9.17) is 4.74 Å². The first-order valence-corrected chi connectivity index (χ1v) is 10.5. The largest absolute Gasteiger partial charge is 0.383 e. The lowest BCUT2D eigenvalue weighted by Gasteiger charge is -2.33. The third-order valence-corrected chi connectivity index (χ3v) is 6.08. The van der Waals surface area contributed by atoms with E-state index in [9.17, 15) is 4.79 Å². The minimum atomic E-state index is -0.290. The highest BCUT2D eigenvalue weighted by Gasteiger charge is 2.31. The Kier molecular flexibility index (Phi) is 5.74. The molecular formula is C19H24N6O2S. The van der Waals surface area contributed by atoms with Gasteiger partial charge in [-0.25, -0.2) is 4.68 Å². The van der Waals surface area contributed by atoms with Crippen LogP contribution in [0.1, 0.15) is 23.0 Å². The molecule has 8 nitrogen and oxygen atoms in total. The molecular weight excluding hydrogens is 376 g/mol. The lowest BCUT2D eigenvalue weighted by Crippen LogP contribution is -2.40. The average Bonchev–Trinajstić information content (AvgIpc) is 3.17. The number of hydrogen-bond acceptors (Lipinski definition) is 7. The van der Waals surface area contributed by atoms with E-state index < -0.39 is 0 Å². The Morgan fingerprint density at radius 2 is 2.14 bits per heavy atom. The minimum absolute atomic E-state index is 0.0914. The number of tetrazole rings is 1. The number of benzene rings is 1. The maximum absolute atomic E-state index is 13.1. The van der Waals surface area contributed by atoms with Crippen molar-refractivity contribution >= 4 is 22.7 Å². The number of aromatic nitrogens is 5. The molecule has 1 atom stereocenters. The second kappa shape index (κ2) is 8.42. The van der Waals surface area contributed by atoms with Crippen LogP contribution in [0.3, 0.4) is 0 Å². The second-order valence-electron chi connectivity index (χ2n) is 6.90. The Morgan fingerprint density at radius 3 is 2.93 bits per heavy atom. The van der Waals surface area contributed by atoms with Crippen LogP contribution < -0.4 is 5.56 Å². The quantitative estimate of drug-likeness (QED) is 0.672. The molecule has 0 saturated carbocycles. The maximum Gasteiger partial charge on any atom is 0.253 e. The third kappa shape index (κ3) is 3.69. The summed E-state index contributed by atoms with van der Waals surface area (Å²) >= 11 is 1.93. The number of methoxy groups -OCH3 is 1. The SMILES string of the molecule is COCCn1nnnc1[C@@H](c1cc2cccc(C)c2[nH]c1=O)N1CCSCC1. The van der Waals surface area contributed by atoms with E-state index in [1.165, 1.54) is 0 Å². The van der Waals surface area contributed by atoms with E-state index in [2.05, 4.69) is 25.4 Å². The van der Waals surface area contributed by atoms with Gasteiger partial charge in [0, 0.05) is 37.3 Å². The van der Waals surface area contributed by atoms with Gasteiger partial charge in [-0.2, -0.15) is 11.8 Å². The Balaban J connectivity index is 1.84. The molecule has 3 aromatic rings. The van der Waals surface area contributed by atoms with Gasteiger partial charge in [-0.3, -0.25) is 9.69 Å². The molecule has 1 N–H and O–H groups in total. The lowest BCUT2D eigenvalue weighted by molar-refractivity contribution is 0.176. The molecule has 4 rings (SSSR count). The highest BCUT2D eigenvalue weighted by molar-refractivity contribution is 7.99. The van der Waals surface area contributed by atoms with Crippen molar-refractivity contribution in [3.05, 3.63) is 51.6 Å². The molecule has 1 fully saturated rings. The number of fused-ring (bicyclic) bond motifs is 1. The van der Waals surface area contributed by atoms with Crippen LogP contribution in [0.4, 0.5) is 0 Å². The van der Waals surface area contributed by atoms with Crippen molar-refractivity contribution in [3.8, 4) is 0 Å². The van der Waals surface area contributed by atoms with Gasteiger partial charge in [0.1, 0.15) is 6.04 Å². The summed E-state index contributed by atoms with van der Waals surface area (Å²) in [4.78, 5) is 18.5. The van der Waals surface area contributed by atoms with Crippen LogP contribution >= 0.6 is 11.8 Å². The lowest BCUT2D eigenvalue weighted by atomic mass is 10.0. The highest BCUT2D eigenvalue weighted by atomic mass is 32.2. The number of rotatable bonds is 6. The normalized spacial score (nSPS) is 16.5. The molecule has 0 spiro atoms. The molecule has 0 radical (unpaired) electrons. The van der Waals surface area contributed by atoms with Gasteiger partial charge in [0.2, 0.25) is 0 Å². The third-order valence-electron chi connectivity index (χ3n) is 5.13. The van der Waals surface area contributed by atoms with Crippen LogP contribution in [0.15, 0.2) is 29.1 Å². The van der Waals surface area contributed by atoms with Gasteiger partial charge in [0.15, 0.2) is 5.82 Å². The van der Waals surface area contributed by atoms with Gasteiger partial charge in [0.05, 0.1) is 18.7 Å². The molecule has 28 heavy (non-hydrogen) atoms. The van der Waals surface area contributed by atoms with Gasteiger partial charge < -0.3 is 9.72 Å². The van der Waals surface area contributed by atoms with Crippen molar-refractivity contribution in [2.75, 3.05) is 38.3 Å². The topological polar surface area (TPSA) is 88.9 Å². The number of pyridine rings is 1. The van der Waals surface area contributed by atoms with Crippen LogP contribution in [0.25, 0.3) is 10.9 Å². The number of nitrogens with zero attached hydrogens (tertiary/aromatic N) is 5. The number of nitrogens with one attached hydrogen (secondary N) is 1. The maximum atomic E-state index is 13.1. The fraction of sp³-hybridized carbons (Fsp3) is 0.474. The molecule has 3 heterocycles. The van der Waals surface area contributed by atoms with Gasteiger partial charge in [-0.05, 0) is 34.4 Å². The standard InChI is InChI=1S/C19H24N6O2S/c1-13-4-3-5-14-12-15(19(26)20-16(13)14)17(24-7-10-28-11-8-24)18-21-22-23-25(18)6-9-27-2/h3-5,12,17H,6-11H2,1-2H3,(H,20,26)/t17-/m1/s1. The van der Waals surface area contributed by atoms with E-state index in [1.807, 2.05) is 43.0 Å². The molecule has 0 aliphatic carbocycles. The van der Waals surface area contributed by atoms with Crippen LogP contribution in [0, 0.1) is 6.92 Å². The van der Waals surface area contributed by atoms with Crippen LogP contribution in [-0.4, -0.2) is 68.4 Å². The van der Waals surface area contributed by atoms with Crippen molar-refractivity contribution in [2.45, 2.75) is 19.5 Å². The van der Waals surface area contributed by atoms with Crippen molar-refractivity contribution in [1.82, 2.24) is 30.1 Å². The predicted octanol–water partition coefficient (Wildman–Crippen LogP) is 1.61. The Hall–Kier alpha value is -2.23. The fourth-order valence-corrected chi connectivity index (χ4v) is 4.61. The Morgan fingerprint density at radius 1 is 1.32 bits per heavy atom. The molecule has 9 heteroatoms. The molecule has 2 aromatic heterocycles. The van der Waals surface area contributed by atoms with E-state index >= 15 is 0 Å². The summed E-state index contributed by atoms with van der Waals surface area (Å²) < 4.78 is 6.94. The van der Waals surface area contributed by atoms with Gasteiger partial charge >= 0.3 is 0 Å².